The van der Waals surface area contributed by atoms with Gasteiger partial charge in [0, 0.05) is 32.6 Å². The highest BCUT2D eigenvalue weighted by molar-refractivity contribution is 5.76. The molecule has 2 heterocycles. The number of aliphatic hydroxyl groups is 1. The Morgan fingerprint density at radius 1 is 1.29 bits per heavy atom. The summed E-state index contributed by atoms with van der Waals surface area (Å²) in [6.07, 6.45) is 2.22. The molecule has 0 spiro atoms. The van der Waals surface area contributed by atoms with Gasteiger partial charge in [0.25, 0.3) is 0 Å². The Morgan fingerprint density at radius 3 is 2.71 bits per heavy atom. The molecule has 0 aromatic rings. The van der Waals surface area contributed by atoms with Crippen LogP contribution in [0.3, 0.4) is 0 Å². The van der Waals surface area contributed by atoms with Crippen LogP contribution in [0.25, 0.3) is 0 Å². The van der Waals surface area contributed by atoms with Crippen molar-refractivity contribution in [2.24, 2.45) is 0 Å². The summed E-state index contributed by atoms with van der Waals surface area (Å²) >= 11 is 0. The lowest BCUT2D eigenvalue weighted by atomic mass is 10.2. The number of hydrogen-bond acceptors (Lipinski definition) is 4. The van der Waals surface area contributed by atoms with E-state index in [4.69, 9.17) is 4.74 Å². The summed E-state index contributed by atoms with van der Waals surface area (Å²) in [6.45, 7) is 5.47. The van der Waals surface area contributed by atoms with E-state index >= 15 is 0 Å². The Kier molecular flexibility index (Phi) is 4.76. The summed E-state index contributed by atoms with van der Waals surface area (Å²) in [7, 11) is 0. The summed E-state index contributed by atoms with van der Waals surface area (Å²) in [4.78, 5) is 16.0. The lowest BCUT2D eigenvalue weighted by Crippen LogP contribution is -2.40. The molecule has 0 saturated carbocycles. The molecule has 2 saturated heterocycles. The lowest BCUT2D eigenvalue weighted by Gasteiger charge is -2.27. The topological polar surface area (TPSA) is 53.0 Å². The van der Waals surface area contributed by atoms with E-state index in [1.807, 2.05) is 4.90 Å². The molecule has 0 bridgehead atoms. The Hall–Kier alpha value is -0.650. The average molecular weight is 242 g/mol. The number of nitrogens with zero attached hydrogens (tertiary/aromatic N) is 2. The summed E-state index contributed by atoms with van der Waals surface area (Å²) < 4.78 is 5.22. The highest BCUT2D eigenvalue weighted by Crippen LogP contribution is 2.10. The number of carbonyl (C=O) groups excluding carboxylic acids is 1. The van der Waals surface area contributed by atoms with Gasteiger partial charge in [0.1, 0.15) is 0 Å². The molecule has 98 valence electrons. The third-order valence-corrected chi connectivity index (χ3v) is 3.48. The molecule has 5 heteroatoms. The molecular formula is C12H22N2O3. The standard InChI is InChI=1S/C12H22N2O3/c15-11-3-5-13(10-11)4-1-2-12(16)14-6-8-17-9-7-14/h11,15H,1-10H2. The number of rotatable bonds is 4. The first-order valence-corrected chi connectivity index (χ1v) is 6.51. The second-order valence-corrected chi connectivity index (χ2v) is 4.84. The van der Waals surface area contributed by atoms with Crippen LogP contribution in [0.15, 0.2) is 0 Å². The molecule has 2 fully saturated rings. The average Bonchev–Trinajstić information content (AvgIpc) is 2.76. The first-order chi connectivity index (χ1) is 8.25. The minimum absolute atomic E-state index is 0.162. The molecular weight excluding hydrogens is 220 g/mol. The molecule has 0 aromatic heterocycles. The van der Waals surface area contributed by atoms with Crippen molar-refractivity contribution >= 4 is 5.91 Å². The van der Waals surface area contributed by atoms with E-state index in [-0.39, 0.29) is 12.0 Å². The summed E-state index contributed by atoms with van der Waals surface area (Å²) in [6, 6.07) is 0. The number of carbonyl (C=O) groups is 1. The van der Waals surface area contributed by atoms with Gasteiger partial charge in [0.2, 0.25) is 5.91 Å². The summed E-state index contributed by atoms with van der Waals surface area (Å²) in [5.41, 5.74) is 0. The van der Waals surface area contributed by atoms with Crippen LogP contribution >= 0.6 is 0 Å². The van der Waals surface area contributed by atoms with Crippen LogP contribution in [0, 0.1) is 0 Å². The minimum Gasteiger partial charge on any atom is -0.392 e. The van der Waals surface area contributed by atoms with Gasteiger partial charge in [0.15, 0.2) is 0 Å². The van der Waals surface area contributed by atoms with E-state index in [1.165, 1.54) is 0 Å². The third kappa shape index (κ3) is 3.94. The molecule has 1 amide bonds. The smallest absolute Gasteiger partial charge is 0.222 e. The van der Waals surface area contributed by atoms with E-state index in [1.54, 1.807) is 0 Å². The molecule has 2 aliphatic rings. The lowest BCUT2D eigenvalue weighted by molar-refractivity contribution is -0.135. The molecule has 17 heavy (non-hydrogen) atoms. The van der Waals surface area contributed by atoms with Crippen LogP contribution in [-0.4, -0.2) is 72.9 Å². The number of hydrogen-bond donors (Lipinski definition) is 1. The van der Waals surface area contributed by atoms with Gasteiger partial charge in [-0.05, 0) is 19.4 Å². The number of amides is 1. The molecule has 2 aliphatic heterocycles. The molecule has 5 nitrogen and oxygen atoms in total. The molecule has 1 atom stereocenters. The number of ether oxygens (including phenoxy) is 1. The second kappa shape index (κ2) is 6.33. The Labute approximate surface area is 102 Å². The maximum Gasteiger partial charge on any atom is 0.222 e. The van der Waals surface area contributed by atoms with Crippen LogP contribution in [0.1, 0.15) is 19.3 Å². The Bertz CT molecular complexity index is 254. The molecule has 1 unspecified atom stereocenters. The first-order valence-electron chi connectivity index (χ1n) is 6.51. The zero-order chi connectivity index (χ0) is 12.1. The van der Waals surface area contributed by atoms with Crippen LogP contribution in [0.5, 0.6) is 0 Å². The van der Waals surface area contributed by atoms with Gasteiger partial charge in [-0.15, -0.1) is 0 Å². The molecule has 2 rings (SSSR count). The van der Waals surface area contributed by atoms with E-state index in [2.05, 4.69) is 4.90 Å². The van der Waals surface area contributed by atoms with Crippen molar-refractivity contribution in [2.45, 2.75) is 25.4 Å². The maximum atomic E-state index is 11.8. The fourth-order valence-electron chi connectivity index (χ4n) is 2.44. The van der Waals surface area contributed by atoms with Gasteiger partial charge in [-0.1, -0.05) is 0 Å². The molecule has 0 radical (unpaired) electrons. The van der Waals surface area contributed by atoms with Crippen molar-refractivity contribution < 1.29 is 14.6 Å². The van der Waals surface area contributed by atoms with Gasteiger partial charge in [-0.3, -0.25) is 4.79 Å². The number of morpholine rings is 1. The zero-order valence-corrected chi connectivity index (χ0v) is 10.3. The zero-order valence-electron chi connectivity index (χ0n) is 10.3. The fourth-order valence-corrected chi connectivity index (χ4v) is 2.44. The quantitative estimate of drug-likeness (QED) is 0.735. The van der Waals surface area contributed by atoms with Crippen molar-refractivity contribution in [3.05, 3.63) is 0 Å². The number of likely N-dealkylation sites (tertiary alicyclic amines) is 1. The van der Waals surface area contributed by atoms with Crippen LogP contribution < -0.4 is 0 Å². The molecule has 0 aromatic carbocycles. The van der Waals surface area contributed by atoms with Gasteiger partial charge in [-0.25, -0.2) is 0 Å². The predicted octanol–water partition coefficient (Wildman–Crippen LogP) is -0.308. The largest absolute Gasteiger partial charge is 0.392 e. The van der Waals surface area contributed by atoms with Crippen LogP contribution in [-0.2, 0) is 9.53 Å². The summed E-state index contributed by atoms with van der Waals surface area (Å²) in [5.74, 6) is 0.244. The SMILES string of the molecule is O=C(CCCN1CCC(O)C1)N1CCOCC1. The minimum atomic E-state index is -0.162. The van der Waals surface area contributed by atoms with Crippen molar-refractivity contribution in [1.82, 2.24) is 9.80 Å². The van der Waals surface area contributed by atoms with Crippen molar-refractivity contribution in [1.29, 1.82) is 0 Å². The molecule has 0 aliphatic carbocycles. The van der Waals surface area contributed by atoms with Crippen LogP contribution in [0.4, 0.5) is 0 Å². The normalized spacial score (nSPS) is 26.4. The number of aliphatic hydroxyl groups excluding tert-OH is 1. The van der Waals surface area contributed by atoms with Gasteiger partial charge < -0.3 is 19.6 Å². The predicted molar refractivity (Wildman–Crippen MR) is 63.7 cm³/mol. The van der Waals surface area contributed by atoms with Crippen molar-refractivity contribution in [3.63, 3.8) is 0 Å². The highest BCUT2D eigenvalue weighted by atomic mass is 16.5. The highest BCUT2D eigenvalue weighted by Gasteiger charge is 2.20. The van der Waals surface area contributed by atoms with E-state index in [0.717, 1.165) is 45.6 Å². The monoisotopic (exact) mass is 242 g/mol. The van der Waals surface area contributed by atoms with Gasteiger partial charge in [-0.2, -0.15) is 0 Å². The fraction of sp³-hybridized carbons (Fsp3) is 0.917. The first kappa shape index (κ1) is 12.8. The van der Waals surface area contributed by atoms with Gasteiger partial charge in [0.05, 0.1) is 19.3 Å². The summed E-state index contributed by atoms with van der Waals surface area (Å²) in [5, 5.41) is 9.38. The van der Waals surface area contributed by atoms with E-state index < -0.39 is 0 Å². The van der Waals surface area contributed by atoms with E-state index in [0.29, 0.717) is 19.6 Å². The number of β-amino-alcohol motifs (C(OH)–C–C–N with tert-alkyl or cyclic N) is 1. The van der Waals surface area contributed by atoms with E-state index in [9.17, 15) is 9.90 Å². The third-order valence-electron chi connectivity index (χ3n) is 3.48. The van der Waals surface area contributed by atoms with Crippen LogP contribution in [0.2, 0.25) is 0 Å². The Morgan fingerprint density at radius 2 is 2.06 bits per heavy atom. The van der Waals surface area contributed by atoms with Crippen molar-refractivity contribution in [3.8, 4) is 0 Å². The Balaban J connectivity index is 1.59. The maximum absolute atomic E-state index is 11.8. The second-order valence-electron chi connectivity index (χ2n) is 4.84. The molecule has 1 N–H and O–H groups in total. The van der Waals surface area contributed by atoms with Gasteiger partial charge >= 0.3 is 0 Å². The van der Waals surface area contributed by atoms with Crippen molar-refractivity contribution in [2.75, 3.05) is 45.9 Å².